The number of guanidine groups is 1. The number of nitrogens with one attached hydrogen (secondary N) is 2. The summed E-state index contributed by atoms with van der Waals surface area (Å²) in [7, 11) is 1.87. The maximum Gasteiger partial charge on any atom is 0.389 e. The molecule has 0 atom stereocenters. The van der Waals surface area contributed by atoms with Crippen LogP contribution in [0.5, 0.6) is 0 Å². The van der Waals surface area contributed by atoms with Crippen molar-refractivity contribution in [3.63, 3.8) is 0 Å². The summed E-state index contributed by atoms with van der Waals surface area (Å²) in [4.78, 5) is 4.45. The number of hydrogen-bond donors (Lipinski definition) is 2. The number of aromatic nitrogens is 3. The molecule has 0 bridgehead atoms. The molecule has 25 heavy (non-hydrogen) atoms. The van der Waals surface area contributed by atoms with Crippen molar-refractivity contribution in [2.24, 2.45) is 12.0 Å². The van der Waals surface area contributed by atoms with Gasteiger partial charge in [-0.25, -0.2) is 4.99 Å². The third kappa shape index (κ3) is 9.57. The Balaban J connectivity index is 2.47. The molecule has 0 fully saturated rings. The van der Waals surface area contributed by atoms with Crippen molar-refractivity contribution in [2.45, 2.75) is 45.3 Å². The highest BCUT2D eigenvalue weighted by molar-refractivity contribution is 7.98. The monoisotopic (exact) mass is 380 g/mol. The molecule has 1 aromatic rings. The zero-order valence-corrected chi connectivity index (χ0v) is 15.8. The maximum absolute atomic E-state index is 12.2. The van der Waals surface area contributed by atoms with Gasteiger partial charge in [0.25, 0.3) is 0 Å². The predicted octanol–water partition coefficient (Wildman–Crippen LogP) is 2.64. The van der Waals surface area contributed by atoms with E-state index < -0.39 is 12.6 Å². The van der Waals surface area contributed by atoms with Gasteiger partial charge >= 0.3 is 6.18 Å². The van der Waals surface area contributed by atoms with Crippen molar-refractivity contribution in [3.05, 3.63) is 11.6 Å². The number of unbranched alkanes of at least 4 members (excludes halogenated alkanes) is 1. The molecule has 6 nitrogen and oxygen atoms in total. The minimum atomic E-state index is -4.09. The second kappa shape index (κ2) is 11.2. The predicted molar refractivity (Wildman–Crippen MR) is 95.8 cm³/mol. The number of aryl methyl sites for hydroxylation is 1. The van der Waals surface area contributed by atoms with Gasteiger partial charge in [0.1, 0.15) is 12.4 Å². The number of hydrogen-bond acceptors (Lipinski definition) is 4. The summed E-state index contributed by atoms with van der Waals surface area (Å²) < 4.78 is 38.3. The Kier molecular flexibility index (Phi) is 9.69. The van der Waals surface area contributed by atoms with E-state index in [0.29, 0.717) is 25.5 Å². The lowest BCUT2D eigenvalue weighted by molar-refractivity contribution is -0.135. The van der Waals surface area contributed by atoms with Gasteiger partial charge in [-0.3, -0.25) is 0 Å². The molecule has 1 heterocycles. The average molecular weight is 380 g/mol. The van der Waals surface area contributed by atoms with Gasteiger partial charge in [-0.1, -0.05) is 0 Å². The van der Waals surface area contributed by atoms with Crippen LogP contribution in [-0.4, -0.2) is 52.0 Å². The van der Waals surface area contributed by atoms with Gasteiger partial charge in [0, 0.05) is 26.6 Å². The van der Waals surface area contributed by atoms with Crippen LogP contribution in [0.1, 0.15) is 37.3 Å². The van der Waals surface area contributed by atoms with Gasteiger partial charge in [-0.15, -0.1) is 10.2 Å². The first kappa shape index (κ1) is 21.6. The Morgan fingerprint density at radius 2 is 1.84 bits per heavy atom. The number of nitrogens with zero attached hydrogens (tertiary/aromatic N) is 4. The third-order valence-electron chi connectivity index (χ3n) is 3.56. The van der Waals surface area contributed by atoms with Crippen molar-refractivity contribution in [1.29, 1.82) is 0 Å². The molecular formula is C15H27F3N6S. The summed E-state index contributed by atoms with van der Waals surface area (Å²) in [5.74, 6) is 3.17. The summed E-state index contributed by atoms with van der Waals surface area (Å²) in [5.41, 5.74) is 0. The first-order chi connectivity index (χ1) is 11.8. The highest BCUT2D eigenvalue weighted by Gasteiger charge is 2.25. The first-order valence-corrected chi connectivity index (χ1v) is 9.65. The van der Waals surface area contributed by atoms with Crippen LogP contribution in [0.25, 0.3) is 0 Å². The molecule has 2 N–H and O–H groups in total. The molecule has 0 saturated carbocycles. The van der Waals surface area contributed by atoms with Gasteiger partial charge in [0.05, 0.1) is 0 Å². The summed E-state index contributed by atoms with van der Waals surface area (Å²) in [6, 6.07) is 0. The van der Waals surface area contributed by atoms with Gasteiger partial charge in [0.15, 0.2) is 11.8 Å². The molecule has 144 valence electrons. The van der Waals surface area contributed by atoms with Gasteiger partial charge < -0.3 is 15.2 Å². The van der Waals surface area contributed by atoms with Crippen molar-refractivity contribution in [3.8, 4) is 0 Å². The average Bonchev–Trinajstić information content (AvgIpc) is 2.86. The lowest BCUT2D eigenvalue weighted by Crippen LogP contribution is -2.38. The Bertz CT molecular complexity index is 530. The van der Waals surface area contributed by atoms with Crippen molar-refractivity contribution < 1.29 is 13.2 Å². The van der Waals surface area contributed by atoms with E-state index in [4.69, 9.17) is 0 Å². The van der Waals surface area contributed by atoms with Crippen molar-refractivity contribution in [2.75, 3.05) is 25.1 Å². The number of alkyl halides is 3. The summed E-state index contributed by atoms with van der Waals surface area (Å²) in [6.45, 7) is 3.42. The van der Waals surface area contributed by atoms with Gasteiger partial charge in [-0.05, 0) is 38.2 Å². The molecule has 1 rings (SSSR count). The minimum Gasteiger partial charge on any atom is -0.356 e. The fourth-order valence-electron chi connectivity index (χ4n) is 1.99. The first-order valence-electron chi connectivity index (χ1n) is 8.26. The smallest absolute Gasteiger partial charge is 0.356 e. The molecular weight excluding hydrogens is 353 g/mol. The highest BCUT2D eigenvalue weighted by atomic mass is 32.2. The zero-order chi connectivity index (χ0) is 18.7. The molecule has 0 unspecified atom stereocenters. The van der Waals surface area contributed by atoms with E-state index in [1.165, 1.54) is 0 Å². The van der Waals surface area contributed by atoms with E-state index in [2.05, 4.69) is 25.8 Å². The molecule has 0 saturated heterocycles. The summed E-state index contributed by atoms with van der Waals surface area (Å²) >= 11 is 1.77. The fourth-order valence-corrected chi connectivity index (χ4v) is 2.43. The lowest BCUT2D eigenvalue weighted by atomic mass is 10.2. The van der Waals surface area contributed by atoms with Crippen LogP contribution in [0.2, 0.25) is 0 Å². The molecule has 0 aliphatic carbocycles. The number of halogens is 3. The Labute approximate surface area is 151 Å². The lowest BCUT2D eigenvalue weighted by Gasteiger charge is -2.13. The summed E-state index contributed by atoms with van der Waals surface area (Å²) in [5, 5.41) is 14.3. The van der Waals surface area contributed by atoms with E-state index in [9.17, 15) is 13.2 Å². The minimum absolute atomic E-state index is 0.110. The van der Waals surface area contributed by atoms with Crippen molar-refractivity contribution in [1.82, 2.24) is 25.4 Å². The van der Waals surface area contributed by atoms with Crippen LogP contribution in [0.4, 0.5) is 13.2 Å². The summed E-state index contributed by atoms with van der Waals surface area (Å²) in [6.07, 6.45) is -1.26. The van der Waals surface area contributed by atoms with E-state index in [0.717, 1.165) is 30.4 Å². The quantitative estimate of drug-likeness (QED) is 0.371. The molecule has 10 heteroatoms. The van der Waals surface area contributed by atoms with Crippen molar-refractivity contribution >= 4 is 17.7 Å². The van der Waals surface area contributed by atoms with Crippen LogP contribution in [0.3, 0.4) is 0 Å². The van der Waals surface area contributed by atoms with Gasteiger partial charge in [0.2, 0.25) is 0 Å². The molecule has 0 spiro atoms. The van der Waals surface area contributed by atoms with E-state index >= 15 is 0 Å². The van der Waals surface area contributed by atoms with Gasteiger partial charge in [-0.2, -0.15) is 24.9 Å². The van der Waals surface area contributed by atoms with E-state index in [1.807, 2.05) is 24.8 Å². The third-order valence-corrected chi connectivity index (χ3v) is 4.26. The Morgan fingerprint density at radius 1 is 1.16 bits per heavy atom. The Morgan fingerprint density at radius 3 is 2.40 bits per heavy atom. The molecule has 1 aromatic heterocycles. The zero-order valence-electron chi connectivity index (χ0n) is 15.0. The van der Waals surface area contributed by atoms with Crippen LogP contribution in [0, 0.1) is 6.92 Å². The largest absolute Gasteiger partial charge is 0.389 e. The highest BCUT2D eigenvalue weighted by Crippen LogP contribution is 2.21. The molecule has 0 aliphatic rings. The number of rotatable bonds is 10. The number of aliphatic imine (C=N–C) groups is 1. The topological polar surface area (TPSA) is 67.1 Å². The van der Waals surface area contributed by atoms with Crippen LogP contribution in [0.15, 0.2) is 4.99 Å². The maximum atomic E-state index is 12.2. The van der Waals surface area contributed by atoms with E-state index in [-0.39, 0.29) is 6.42 Å². The second-order valence-corrected chi connectivity index (χ2v) is 6.65. The van der Waals surface area contributed by atoms with Crippen LogP contribution < -0.4 is 10.6 Å². The van der Waals surface area contributed by atoms with Crippen LogP contribution >= 0.6 is 11.8 Å². The van der Waals surface area contributed by atoms with Crippen LogP contribution in [-0.2, 0) is 13.6 Å². The van der Waals surface area contributed by atoms with E-state index in [1.54, 1.807) is 11.8 Å². The second-order valence-electron chi connectivity index (χ2n) is 5.66. The standard InChI is InChI=1S/C15H27F3N6S/c1-12-22-23-13(24(12)2)11-21-14(20-9-6-10-25-3)19-8-5-4-7-15(16,17)18/h4-11H2,1-3H3,(H2,19,20,21). The Hall–Kier alpha value is -1.45. The molecule has 0 aliphatic heterocycles. The molecule has 0 amide bonds. The fraction of sp³-hybridized carbons (Fsp3) is 0.800. The molecule has 0 radical (unpaired) electrons. The SMILES string of the molecule is CSCCCNC(=NCc1nnc(C)n1C)NCCCCC(F)(F)F. The molecule has 0 aromatic carbocycles. The normalized spacial score (nSPS) is 12.5. The number of thioether (sulfide) groups is 1.